The highest BCUT2D eigenvalue weighted by molar-refractivity contribution is 9.09. The van der Waals surface area contributed by atoms with Crippen molar-refractivity contribution in [2.24, 2.45) is 0 Å². The van der Waals surface area contributed by atoms with Crippen LogP contribution in [0.15, 0.2) is 29.1 Å². The van der Waals surface area contributed by atoms with Gasteiger partial charge in [0.05, 0.1) is 12.1 Å². The van der Waals surface area contributed by atoms with Crippen LogP contribution in [0, 0.1) is 6.92 Å². The number of aromatic nitrogens is 1. The van der Waals surface area contributed by atoms with Crippen molar-refractivity contribution in [1.29, 1.82) is 0 Å². The molecule has 0 saturated heterocycles. The highest BCUT2D eigenvalue weighted by atomic mass is 79.9. The normalized spacial score (nSPS) is 10.8. The maximum Gasteiger partial charge on any atom is 0.248 e. The van der Waals surface area contributed by atoms with Crippen molar-refractivity contribution in [2.45, 2.75) is 19.8 Å². The molecule has 0 amide bonds. The molecule has 4 heteroatoms. The summed E-state index contributed by atoms with van der Waals surface area (Å²) in [6, 6.07) is 7.43. The Labute approximate surface area is 114 Å². The quantitative estimate of drug-likeness (QED) is 0.679. The summed E-state index contributed by atoms with van der Waals surface area (Å²) in [6.45, 7) is 2.64. The molecule has 0 fully saturated rings. The average Bonchev–Trinajstić information content (AvgIpc) is 2.34. The van der Waals surface area contributed by atoms with E-state index in [1.165, 1.54) is 0 Å². The number of alkyl halides is 1. The molecule has 1 heterocycles. The predicted molar refractivity (Wildman–Crippen MR) is 77.8 cm³/mol. The number of benzene rings is 1. The lowest BCUT2D eigenvalue weighted by atomic mass is 10.1. The molecule has 0 bridgehead atoms. The molecule has 2 aromatic rings. The predicted octanol–water partition coefficient (Wildman–Crippen LogP) is 3.39. The first-order valence-corrected chi connectivity index (χ1v) is 7.15. The Morgan fingerprint density at radius 2 is 2.11 bits per heavy atom. The molecule has 0 atom stereocenters. The molecule has 96 valence electrons. The van der Waals surface area contributed by atoms with Gasteiger partial charge in [0.2, 0.25) is 5.56 Å². The van der Waals surface area contributed by atoms with Crippen LogP contribution in [0.4, 0.5) is 0 Å². The average molecular weight is 310 g/mol. The van der Waals surface area contributed by atoms with Crippen LogP contribution in [0.25, 0.3) is 10.9 Å². The Bertz CT molecular complexity index is 592. The van der Waals surface area contributed by atoms with E-state index in [0.29, 0.717) is 6.61 Å². The van der Waals surface area contributed by atoms with Gasteiger partial charge in [-0.1, -0.05) is 15.9 Å². The summed E-state index contributed by atoms with van der Waals surface area (Å²) in [7, 11) is 0. The summed E-state index contributed by atoms with van der Waals surface area (Å²) in [5, 5.41) is 2.06. The number of unbranched alkanes of at least 4 members (excludes halogenated alkanes) is 1. The Kier molecular flexibility index (Phi) is 4.42. The maximum absolute atomic E-state index is 11.4. The summed E-state index contributed by atoms with van der Waals surface area (Å²) in [5.41, 5.74) is 1.74. The first-order valence-electron chi connectivity index (χ1n) is 6.03. The lowest BCUT2D eigenvalue weighted by Gasteiger charge is -2.07. The number of rotatable bonds is 5. The molecule has 0 aliphatic heterocycles. The van der Waals surface area contributed by atoms with Crippen LogP contribution in [0.5, 0.6) is 5.75 Å². The van der Waals surface area contributed by atoms with Gasteiger partial charge in [-0.05, 0) is 37.5 Å². The number of hydrogen-bond donors (Lipinski definition) is 1. The van der Waals surface area contributed by atoms with Gasteiger partial charge < -0.3 is 9.72 Å². The maximum atomic E-state index is 11.4. The monoisotopic (exact) mass is 309 g/mol. The van der Waals surface area contributed by atoms with Gasteiger partial charge in [-0.25, -0.2) is 0 Å². The third kappa shape index (κ3) is 3.13. The van der Waals surface area contributed by atoms with Crippen molar-refractivity contribution in [1.82, 2.24) is 4.98 Å². The van der Waals surface area contributed by atoms with Gasteiger partial charge in [0.15, 0.2) is 0 Å². The molecule has 3 nitrogen and oxygen atoms in total. The van der Waals surface area contributed by atoms with Crippen molar-refractivity contribution >= 4 is 26.8 Å². The second-order valence-corrected chi connectivity index (χ2v) is 5.06. The number of nitrogens with one attached hydrogen (secondary N) is 1. The number of halogens is 1. The van der Waals surface area contributed by atoms with E-state index in [9.17, 15) is 4.79 Å². The standard InChI is InChI=1S/C14H16BrNO2/c1-10-8-14(17)16-13-9-11(4-5-12(10)13)18-7-3-2-6-15/h4-5,8-9H,2-3,6-7H2,1H3,(H,16,17). The number of H-pyrrole nitrogens is 1. The van der Waals surface area contributed by atoms with Crippen molar-refractivity contribution in [3.05, 3.63) is 40.2 Å². The smallest absolute Gasteiger partial charge is 0.248 e. The van der Waals surface area contributed by atoms with Crippen LogP contribution in [-0.4, -0.2) is 16.9 Å². The van der Waals surface area contributed by atoms with E-state index in [2.05, 4.69) is 20.9 Å². The fraction of sp³-hybridized carbons (Fsp3) is 0.357. The van der Waals surface area contributed by atoms with Crippen LogP contribution >= 0.6 is 15.9 Å². The number of aromatic amines is 1. The van der Waals surface area contributed by atoms with Crippen molar-refractivity contribution in [3.8, 4) is 5.75 Å². The molecule has 0 aliphatic rings. The summed E-state index contributed by atoms with van der Waals surface area (Å²) in [4.78, 5) is 14.2. The third-order valence-electron chi connectivity index (χ3n) is 2.82. The molecule has 1 aromatic heterocycles. The van der Waals surface area contributed by atoms with E-state index in [-0.39, 0.29) is 5.56 Å². The van der Waals surface area contributed by atoms with Crippen LogP contribution in [0.1, 0.15) is 18.4 Å². The van der Waals surface area contributed by atoms with Gasteiger partial charge in [0, 0.05) is 22.8 Å². The summed E-state index contributed by atoms with van der Waals surface area (Å²) < 4.78 is 5.65. The minimum atomic E-state index is -0.0727. The molecular formula is C14H16BrNO2. The molecule has 0 spiro atoms. The molecular weight excluding hydrogens is 294 g/mol. The molecule has 0 aliphatic carbocycles. The van der Waals surface area contributed by atoms with Crippen molar-refractivity contribution in [2.75, 3.05) is 11.9 Å². The van der Waals surface area contributed by atoms with Crippen molar-refractivity contribution < 1.29 is 4.74 Å². The first kappa shape index (κ1) is 13.1. The lowest BCUT2D eigenvalue weighted by molar-refractivity contribution is 0.310. The van der Waals surface area contributed by atoms with Crippen molar-refractivity contribution in [3.63, 3.8) is 0 Å². The Morgan fingerprint density at radius 3 is 2.89 bits per heavy atom. The highest BCUT2D eigenvalue weighted by Gasteiger charge is 2.01. The fourth-order valence-electron chi connectivity index (χ4n) is 1.89. The Hall–Kier alpha value is -1.29. The van der Waals surface area contributed by atoms with Gasteiger partial charge in [-0.3, -0.25) is 4.79 Å². The summed E-state index contributed by atoms with van der Waals surface area (Å²) in [6.07, 6.45) is 2.12. The van der Waals surface area contributed by atoms with E-state index in [0.717, 1.165) is 40.4 Å². The fourth-order valence-corrected chi connectivity index (χ4v) is 2.29. The van der Waals surface area contributed by atoms with Crippen LogP contribution in [0.3, 0.4) is 0 Å². The molecule has 0 saturated carbocycles. The molecule has 2 rings (SSSR count). The SMILES string of the molecule is Cc1cc(=O)[nH]c2cc(OCCCCBr)ccc12. The van der Waals surface area contributed by atoms with Gasteiger partial charge >= 0.3 is 0 Å². The lowest BCUT2D eigenvalue weighted by Crippen LogP contribution is -2.05. The van der Waals surface area contributed by atoms with Crippen LogP contribution < -0.4 is 10.3 Å². The van der Waals surface area contributed by atoms with Gasteiger partial charge in [0.25, 0.3) is 0 Å². The highest BCUT2D eigenvalue weighted by Crippen LogP contribution is 2.20. The number of aryl methyl sites for hydroxylation is 1. The number of fused-ring (bicyclic) bond motifs is 1. The van der Waals surface area contributed by atoms with Gasteiger partial charge in [-0.2, -0.15) is 0 Å². The molecule has 0 radical (unpaired) electrons. The minimum Gasteiger partial charge on any atom is -0.494 e. The second-order valence-electron chi connectivity index (χ2n) is 4.27. The number of ether oxygens (including phenoxy) is 1. The number of pyridine rings is 1. The zero-order valence-electron chi connectivity index (χ0n) is 10.3. The van der Waals surface area contributed by atoms with E-state index in [4.69, 9.17) is 4.74 Å². The Morgan fingerprint density at radius 1 is 1.28 bits per heavy atom. The zero-order chi connectivity index (χ0) is 13.0. The van der Waals surface area contributed by atoms with Crippen LogP contribution in [-0.2, 0) is 0 Å². The van der Waals surface area contributed by atoms with E-state index in [1.807, 2.05) is 25.1 Å². The topological polar surface area (TPSA) is 42.1 Å². The summed E-state index contributed by atoms with van der Waals surface area (Å²) in [5.74, 6) is 0.804. The van der Waals surface area contributed by atoms with E-state index in [1.54, 1.807) is 6.07 Å². The number of hydrogen-bond acceptors (Lipinski definition) is 2. The molecule has 1 aromatic carbocycles. The Balaban J connectivity index is 2.19. The first-order chi connectivity index (χ1) is 8.70. The second kappa shape index (κ2) is 6.05. The largest absolute Gasteiger partial charge is 0.494 e. The van der Waals surface area contributed by atoms with E-state index >= 15 is 0 Å². The van der Waals surface area contributed by atoms with Gasteiger partial charge in [-0.15, -0.1) is 0 Å². The molecule has 0 unspecified atom stereocenters. The minimum absolute atomic E-state index is 0.0727. The third-order valence-corrected chi connectivity index (χ3v) is 3.38. The summed E-state index contributed by atoms with van der Waals surface area (Å²) >= 11 is 3.39. The van der Waals surface area contributed by atoms with Crippen LogP contribution in [0.2, 0.25) is 0 Å². The van der Waals surface area contributed by atoms with Gasteiger partial charge in [0.1, 0.15) is 5.75 Å². The van der Waals surface area contributed by atoms with E-state index < -0.39 is 0 Å². The molecule has 18 heavy (non-hydrogen) atoms. The zero-order valence-corrected chi connectivity index (χ0v) is 11.9. The molecule has 1 N–H and O–H groups in total.